The minimum absolute atomic E-state index is 0.299. The molecule has 0 fully saturated rings. The lowest BCUT2D eigenvalue weighted by Gasteiger charge is -2.23. The van der Waals surface area contributed by atoms with E-state index >= 15 is 0 Å². The summed E-state index contributed by atoms with van der Waals surface area (Å²) in [5.41, 5.74) is 2.04. The van der Waals surface area contributed by atoms with Crippen molar-refractivity contribution in [3.63, 3.8) is 0 Å². The van der Waals surface area contributed by atoms with Crippen molar-refractivity contribution in [1.29, 1.82) is 0 Å². The standard InChI is InChI=1S/C9H15NO/c1-4-8-7(3)9(11)5-6(2)10-8/h6,10H,4-5H2,1-3H3. The first-order chi connectivity index (χ1) is 5.15. The van der Waals surface area contributed by atoms with Gasteiger partial charge in [0.2, 0.25) is 0 Å². The highest BCUT2D eigenvalue weighted by Gasteiger charge is 2.19. The van der Waals surface area contributed by atoms with Crippen molar-refractivity contribution in [3.8, 4) is 0 Å². The molecule has 0 saturated heterocycles. The lowest BCUT2D eigenvalue weighted by atomic mass is 9.98. The van der Waals surface area contributed by atoms with E-state index in [2.05, 4.69) is 12.2 Å². The fraction of sp³-hybridized carbons (Fsp3) is 0.667. The zero-order valence-electron chi connectivity index (χ0n) is 7.40. The fourth-order valence-corrected chi connectivity index (χ4v) is 1.42. The van der Waals surface area contributed by atoms with Gasteiger partial charge in [0.15, 0.2) is 5.78 Å². The van der Waals surface area contributed by atoms with Crippen LogP contribution in [0.4, 0.5) is 0 Å². The molecule has 0 amide bonds. The Morgan fingerprint density at radius 3 is 2.82 bits per heavy atom. The van der Waals surface area contributed by atoms with E-state index in [9.17, 15) is 4.79 Å². The van der Waals surface area contributed by atoms with Crippen LogP contribution in [-0.2, 0) is 4.79 Å². The van der Waals surface area contributed by atoms with Gasteiger partial charge in [-0.3, -0.25) is 4.79 Å². The molecule has 62 valence electrons. The van der Waals surface area contributed by atoms with Crippen LogP contribution in [0, 0.1) is 0 Å². The molecule has 2 heteroatoms. The Morgan fingerprint density at radius 1 is 1.64 bits per heavy atom. The topological polar surface area (TPSA) is 29.1 Å². The van der Waals surface area contributed by atoms with Crippen LogP contribution in [-0.4, -0.2) is 11.8 Å². The number of hydrogen-bond acceptors (Lipinski definition) is 2. The van der Waals surface area contributed by atoms with E-state index in [4.69, 9.17) is 0 Å². The first-order valence-corrected chi connectivity index (χ1v) is 4.14. The maximum absolute atomic E-state index is 11.3. The molecule has 0 aromatic carbocycles. The van der Waals surface area contributed by atoms with Gasteiger partial charge in [0, 0.05) is 23.7 Å². The number of Topliss-reactive ketones (excluding diaryl/α,β-unsaturated/α-hetero) is 1. The Bertz CT molecular complexity index is 206. The molecule has 1 aliphatic rings. The van der Waals surface area contributed by atoms with Gasteiger partial charge in [0.25, 0.3) is 0 Å². The van der Waals surface area contributed by atoms with Gasteiger partial charge in [0.05, 0.1) is 0 Å². The van der Waals surface area contributed by atoms with Crippen molar-refractivity contribution in [2.75, 3.05) is 0 Å². The van der Waals surface area contributed by atoms with E-state index in [1.54, 1.807) is 0 Å². The molecular formula is C9H15NO. The second-order valence-corrected chi connectivity index (χ2v) is 3.13. The third-order valence-electron chi connectivity index (χ3n) is 2.14. The molecule has 0 saturated carbocycles. The van der Waals surface area contributed by atoms with Crippen molar-refractivity contribution in [1.82, 2.24) is 5.32 Å². The van der Waals surface area contributed by atoms with Gasteiger partial charge in [0.1, 0.15) is 0 Å². The van der Waals surface area contributed by atoms with Gasteiger partial charge >= 0.3 is 0 Å². The number of hydrogen-bond donors (Lipinski definition) is 1. The smallest absolute Gasteiger partial charge is 0.162 e. The molecule has 0 radical (unpaired) electrons. The Balaban J connectivity index is 2.85. The molecule has 11 heavy (non-hydrogen) atoms. The minimum Gasteiger partial charge on any atom is -0.385 e. The predicted molar refractivity (Wildman–Crippen MR) is 45.2 cm³/mol. The van der Waals surface area contributed by atoms with Crippen molar-refractivity contribution in [2.45, 2.75) is 39.7 Å². The summed E-state index contributed by atoms with van der Waals surface area (Å²) in [7, 11) is 0. The minimum atomic E-state index is 0.299. The molecule has 0 aliphatic carbocycles. The van der Waals surface area contributed by atoms with Gasteiger partial charge in [-0.15, -0.1) is 0 Å². The lowest BCUT2D eigenvalue weighted by molar-refractivity contribution is -0.116. The zero-order chi connectivity index (χ0) is 8.43. The first-order valence-electron chi connectivity index (χ1n) is 4.14. The summed E-state index contributed by atoms with van der Waals surface area (Å²) in [6, 6.07) is 0.321. The molecule has 1 aliphatic heterocycles. The number of carbonyl (C=O) groups excluding carboxylic acids is 1. The predicted octanol–water partition coefficient (Wildman–Crippen LogP) is 1.62. The quantitative estimate of drug-likeness (QED) is 0.620. The highest BCUT2D eigenvalue weighted by atomic mass is 16.1. The average molecular weight is 153 g/mol. The van der Waals surface area contributed by atoms with Gasteiger partial charge in [-0.25, -0.2) is 0 Å². The van der Waals surface area contributed by atoms with E-state index in [1.165, 1.54) is 0 Å². The lowest BCUT2D eigenvalue weighted by Crippen LogP contribution is -2.34. The second kappa shape index (κ2) is 3.07. The van der Waals surface area contributed by atoms with Crippen molar-refractivity contribution < 1.29 is 4.79 Å². The van der Waals surface area contributed by atoms with E-state index in [-0.39, 0.29) is 0 Å². The third kappa shape index (κ3) is 1.62. The van der Waals surface area contributed by atoms with Crippen LogP contribution >= 0.6 is 0 Å². The highest BCUT2D eigenvalue weighted by Crippen LogP contribution is 2.16. The van der Waals surface area contributed by atoms with Crippen molar-refractivity contribution in [2.24, 2.45) is 0 Å². The Labute approximate surface area is 67.7 Å². The van der Waals surface area contributed by atoms with Crippen LogP contribution in [0.3, 0.4) is 0 Å². The van der Waals surface area contributed by atoms with Crippen molar-refractivity contribution in [3.05, 3.63) is 11.3 Å². The summed E-state index contributed by atoms with van der Waals surface area (Å²) in [5, 5.41) is 3.30. The summed E-state index contributed by atoms with van der Waals surface area (Å²) < 4.78 is 0. The van der Waals surface area contributed by atoms with Crippen molar-refractivity contribution >= 4 is 5.78 Å². The normalized spacial score (nSPS) is 25.4. The molecule has 0 aromatic heterocycles. The molecule has 1 atom stereocenters. The number of carbonyl (C=O) groups is 1. The van der Waals surface area contributed by atoms with Gasteiger partial charge in [-0.2, -0.15) is 0 Å². The Kier molecular flexibility index (Phi) is 2.32. The average Bonchev–Trinajstić information content (AvgIpc) is 1.96. The summed E-state index contributed by atoms with van der Waals surface area (Å²) in [6.07, 6.45) is 1.58. The fourth-order valence-electron chi connectivity index (χ4n) is 1.42. The molecule has 1 unspecified atom stereocenters. The van der Waals surface area contributed by atoms with E-state index < -0.39 is 0 Å². The van der Waals surface area contributed by atoms with E-state index in [0.717, 1.165) is 17.7 Å². The summed E-state index contributed by atoms with van der Waals surface area (Å²) in [6.45, 7) is 6.01. The largest absolute Gasteiger partial charge is 0.385 e. The van der Waals surface area contributed by atoms with Gasteiger partial charge in [-0.05, 0) is 20.3 Å². The van der Waals surface area contributed by atoms with E-state index in [0.29, 0.717) is 18.2 Å². The maximum Gasteiger partial charge on any atom is 0.162 e. The number of ketones is 1. The maximum atomic E-state index is 11.3. The molecule has 1 rings (SSSR count). The molecule has 0 spiro atoms. The van der Waals surface area contributed by atoms with Crippen LogP contribution in [0.25, 0.3) is 0 Å². The zero-order valence-corrected chi connectivity index (χ0v) is 7.40. The van der Waals surface area contributed by atoms with E-state index in [1.807, 2.05) is 13.8 Å². The SMILES string of the molecule is CCC1=C(C)C(=O)CC(C)N1. The summed E-state index contributed by atoms with van der Waals surface area (Å²) in [5.74, 6) is 0.299. The first kappa shape index (κ1) is 8.31. The molecule has 1 N–H and O–H groups in total. The molecule has 1 heterocycles. The molecule has 2 nitrogen and oxygen atoms in total. The monoisotopic (exact) mass is 153 g/mol. The third-order valence-corrected chi connectivity index (χ3v) is 2.14. The number of allylic oxidation sites excluding steroid dienone is 2. The summed E-state index contributed by atoms with van der Waals surface area (Å²) in [4.78, 5) is 11.3. The van der Waals surface area contributed by atoms with Gasteiger partial charge in [-0.1, -0.05) is 6.92 Å². The molecule has 0 aromatic rings. The van der Waals surface area contributed by atoms with Crippen LogP contribution in [0.5, 0.6) is 0 Å². The molecule has 0 bridgehead atoms. The van der Waals surface area contributed by atoms with Crippen LogP contribution in [0.2, 0.25) is 0 Å². The molecular weight excluding hydrogens is 138 g/mol. The Morgan fingerprint density at radius 2 is 2.27 bits per heavy atom. The van der Waals surface area contributed by atoms with Gasteiger partial charge < -0.3 is 5.32 Å². The summed E-state index contributed by atoms with van der Waals surface area (Å²) >= 11 is 0. The van der Waals surface area contributed by atoms with Crippen LogP contribution in [0.1, 0.15) is 33.6 Å². The second-order valence-electron chi connectivity index (χ2n) is 3.13. The van der Waals surface area contributed by atoms with Crippen LogP contribution in [0.15, 0.2) is 11.3 Å². The Hall–Kier alpha value is -0.790. The highest BCUT2D eigenvalue weighted by molar-refractivity contribution is 5.96. The number of nitrogens with one attached hydrogen (secondary N) is 1. The van der Waals surface area contributed by atoms with Crippen LogP contribution < -0.4 is 5.32 Å². The number of rotatable bonds is 1.